The van der Waals surface area contributed by atoms with E-state index in [0.29, 0.717) is 28.9 Å². The number of nitriles is 1. The van der Waals surface area contributed by atoms with Crippen molar-refractivity contribution in [3.8, 4) is 34.3 Å². The summed E-state index contributed by atoms with van der Waals surface area (Å²) in [6.07, 6.45) is 9.30. The predicted octanol–water partition coefficient (Wildman–Crippen LogP) is 6.50. The molecule has 1 aliphatic carbocycles. The molecule has 3 aliphatic rings. The van der Waals surface area contributed by atoms with Crippen LogP contribution in [0.1, 0.15) is 66.8 Å². The lowest BCUT2D eigenvalue weighted by molar-refractivity contribution is -0.121. The van der Waals surface area contributed by atoms with Crippen molar-refractivity contribution in [2.75, 3.05) is 49.1 Å². The Bertz CT molecular complexity index is 2160. The third-order valence-electron chi connectivity index (χ3n) is 10.9. The smallest absolute Gasteiger partial charge is 0.258 e. The van der Waals surface area contributed by atoms with E-state index >= 15 is 0 Å². The number of aromatic nitrogens is 3. The molecule has 0 radical (unpaired) electrons. The lowest BCUT2D eigenvalue weighted by atomic mass is 9.72. The van der Waals surface area contributed by atoms with E-state index in [2.05, 4.69) is 72.5 Å². The van der Waals surface area contributed by atoms with Crippen molar-refractivity contribution in [2.45, 2.75) is 51.2 Å². The third kappa shape index (κ3) is 7.30. The summed E-state index contributed by atoms with van der Waals surface area (Å²) in [5.74, 6) is 0.952. The maximum atomic E-state index is 12.9. The van der Waals surface area contributed by atoms with Crippen molar-refractivity contribution in [1.29, 1.82) is 5.26 Å². The number of benzene rings is 3. The van der Waals surface area contributed by atoms with Crippen LogP contribution in [0.4, 0.5) is 17.3 Å². The number of nitrogens with zero attached hydrogens (tertiary/aromatic N) is 6. The molecule has 0 unspecified atom stereocenters. The highest BCUT2D eigenvalue weighted by molar-refractivity contribution is 5.83. The third-order valence-corrected chi connectivity index (χ3v) is 10.9. The van der Waals surface area contributed by atoms with Gasteiger partial charge in [0.1, 0.15) is 18.5 Å². The second-order valence-corrected chi connectivity index (χ2v) is 14.9. The van der Waals surface area contributed by atoms with Gasteiger partial charge in [-0.25, -0.2) is 15.0 Å². The summed E-state index contributed by atoms with van der Waals surface area (Å²) in [6.45, 7) is 5.46. The molecule has 0 atom stereocenters. The van der Waals surface area contributed by atoms with Crippen molar-refractivity contribution in [2.24, 2.45) is 5.41 Å². The van der Waals surface area contributed by atoms with Gasteiger partial charge in [-0.15, -0.1) is 0 Å². The fraction of sp³-hybridized carbons (Fsp3) is 0.326. The van der Waals surface area contributed by atoms with Crippen LogP contribution in [0.15, 0.2) is 91.3 Å². The van der Waals surface area contributed by atoms with Crippen LogP contribution in [0, 0.1) is 16.7 Å². The van der Waals surface area contributed by atoms with Crippen LogP contribution in [0.5, 0.6) is 5.88 Å². The number of hydrogen-bond acceptors (Lipinski definition) is 10. The predicted molar refractivity (Wildman–Crippen MR) is 210 cm³/mol. The van der Waals surface area contributed by atoms with Crippen LogP contribution < -0.4 is 26.4 Å². The molecule has 2 saturated heterocycles. The van der Waals surface area contributed by atoms with Gasteiger partial charge in [-0.3, -0.25) is 4.79 Å². The van der Waals surface area contributed by atoms with Crippen LogP contribution >= 0.6 is 0 Å². The average Bonchev–Trinajstić information content (AvgIpc) is 3.47. The Labute approximate surface area is 316 Å². The van der Waals surface area contributed by atoms with Crippen LogP contribution in [0.25, 0.3) is 22.4 Å². The zero-order valence-corrected chi connectivity index (χ0v) is 30.4. The molecule has 2 aliphatic heterocycles. The summed E-state index contributed by atoms with van der Waals surface area (Å²) in [5, 5.41) is 13.4. The van der Waals surface area contributed by atoms with Gasteiger partial charge in [-0.1, -0.05) is 73.9 Å². The van der Waals surface area contributed by atoms with Gasteiger partial charge in [-0.05, 0) is 71.5 Å². The van der Waals surface area contributed by atoms with E-state index in [4.69, 9.17) is 16.2 Å². The number of amides is 1. The molecule has 274 valence electrons. The first-order valence-corrected chi connectivity index (χ1v) is 18.8. The van der Waals surface area contributed by atoms with E-state index in [1.54, 1.807) is 18.5 Å². The fourth-order valence-corrected chi connectivity index (χ4v) is 8.31. The largest absolute Gasteiger partial charge is 0.470 e. The molecular weight excluding hydrogens is 675 g/mol. The number of nitrogen functional groups attached to an aromatic ring is 2. The summed E-state index contributed by atoms with van der Waals surface area (Å²) in [6, 6.07) is 28.5. The molecule has 11 heteroatoms. The fourth-order valence-electron chi connectivity index (χ4n) is 8.31. The topological polar surface area (TPSA) is 159 Å². The first-order valence-electron chi connectivity index (χ1n) is 18.8. The van der Waals surface area contributed by atoms with E-state index in [-0.39, 0.29) is 30.3 Å². The summed E-state index contributed by atoms with van der Waals surface area (Å²) < 4.78 is 5.85. The highest BCUT2D eigenvalue weighted by Crippen LogP contribution is 2.44. The van der Waals surface area contributed by atoms with Crippen molar-refractivity contribution in [3.63, 3.8) is 0 Å². The first kappa shape index (κ1) is 35.1. The zero-order valence-electron chi connectivity index (χ0n) is 30.4. The van der Waals surface area contributed by atoms with Gasteiger partial charge in [0.2, 0.25) is 5.91 Å². The maximum Gasteiger partial charge on any atom is 0.258 e. The molecule has 1 spiro atoms. The van der Waals surface area contributed by atoms with Gasteiger partial charge in [0.25, 0.3) is 5.88 Å². The number of unbranched alkanes of at least 4 members (excludes halogenated alkanes) is 4. The van der Waals surface area contributed by atoms with Crippen LogP contribution in [-0.2, 0) is 11.4 Å². The quantitative estimate of drug-likeness (QED) is 0.108. The van der Waals surface area contributed by atoms with E-state index < -0.39 is 0 Å². The molecule has 54 heavy (non-hydrogen) atoms. The molecule has 4 heterocycles. The normalized spacial score (nSPS) is 15.5. The van der Waals surface area contributed by atoms with Crippen molar-refractivity contribution >= 4 is 23.2 Å². The Morgan fingerprint density at radius 2 is 1.61 bits per heavy atom. The van der Waals surface area contributed by atoms with Gasteiger partial charge in [0.05, 0.1) is 29.2 Å². The van der Waals surface area contributed by atoms with E-state index in [1.807, 2.05) is 36.4 Å². The highest BCUT2D eigenvalue weighted by Gasteiger charge is 2.51. The molecule has 2 fully saturated rings. The highest BCUT2D eigenvalue weighted by atomic mass is 16.5. The summed E-state index contributed by atoms with van der Waals surface area (Å²) in [7, 11) is 0. The Kier molecular flexibility index (Phi) is 9.85. The Balaban J connectivity index is 0.740. The van der Waals surface area contributed by atoms with Crippen molar-refractivity contribution in [1.82, 2.24) is 25.2 Å². The van der Waals surface area contributed by atoms with Crippen LogP contribution in [-0.4, -0.2) is 58.5 Å². The Morgan fingerprint density at radius 1 is 0.889 bits per heavy atom. The number of ether oxygens (including phenoxy) is 1. The monoisotopic (exact) mass is 719 g/mol. The zero-order chi connectivity index (χ0) is 37.1. The summed E-state index contributed by atoms with van der Waals surface area (Å²) in [5.41, 5.74) is 20.7. The molecule has 3 aromatic carbocycles. The maximum absolute atomic E-state index is 12.9. The average molecular weight is 720 g/mol. The Hall–Kier alpha value is -5.99. The number of nitrogens with two attached hydrogens (primary N) is 2. The van der Waals surface area contributed by atoms with E-state index in [0.717, 1.165) is 68.8 Å². The standard InChI is InChI=1S/C43H45N9O2/c44-22-31-21-30(36-23-48-41(46)42(49-36)54-24-29-17-18-47-38(45)20-29)15-16-37(31)52-27-43(28-52)25-51(26-43)19-9-3-1-2-4-14-39(53)50-40-34-12-7-5-10-32(34)33-11-6-8-13-35(33)40/h5-8,10-13,15-18,20-21,23,40H,1-4,9,14,19,24-28H2,(H2,45,47)(H2,46,48)(H,50,53). The lowest BCUT2D eigenvalue weighted by Crippen LogP contribution is -2.72. The number of fused-ring (bicyclic) bond motifs is 3. The molecule has 0 saturated carbocycles. The van der Waals surface area contributed by atoms with Gasteiger partial charge < -0.3 is 31.3 Å². The molecule has 5 N–H and O–H groups in total. The number of anilines is 3. The summed E-state index contributed by atoms with van der Waals surface area (Å²) in [4.78, 5) is 30.6. The Morgan fingerprint density at radius 3 is 2.35 bits per heavy atom. The van der Waals surface area contributed by atoms with E-state index in [1.165, 1.54) is 35.1 Å². The number of carbonyl (C=O) groups excluding carboxylic acids is 1. The molecule has 2 aromatic heterocycles. The van der Waals surface area contributed by atoms with Gasteiger partial charge in [0.15, 0.2) is 5.82 Å². The minimum atomic E-state index is -0.0575. The molecule has 1 amide bonds. The second kappa shape index (κ2) is 15.2. The van der Waals surface area contributed by atoms with Gasteiger partial charge in [-0.2, -0.15) is 5.26 Å². The lowest BCUT2D eigenvalue weighted by Gasteiger charge is -2.61. The minimum absolute atomic E-state index is 0.0575. The molecule has 8 rings (SSSR count). The number of hydrogen-bond donors (Lipinski definition) is 3. The van der Waals surface area contributed by atoms with Crippen LogP contribution in [0.2, 0.25) is 0 Å². The van der Waals surface area contributed by atoms with Crippen LogP contribution in [0.3, 0.4) is 0 Å². The molecule has 0 bridgehead atoms. The number of likely N-dealkylation sites (tertiary alicyclic amines) is 1. The van der Waals surface area contributed by atoms with Crippen molar-refractivity contribution < 1.29 is 9.53 Å². The van der Waals surface area contributed by atoms with Crippen molar-refractivity contribution in [3.05, 3.63) is 114 Å². The number of rotatable bonds is 14. The molecule has 5 aromatic rings. The number of pyridine rings is 1. The number of nitrogens with one attached hydrogen (secondary N) is 1. The van der Waals surface area contributed by atoms with E-state index in [9.17, 15) is 10.1 Å². The van der Waals surface area contributed by atoms with Gasteiger partial charge >= 0.3 is 0 Å². The summed E-state index contributed by atoms with van der Waals surface area (Å²) >= 11 is 0. The molecule has 11 nitrogen and oxygen atoms in total. The molecular formula is C43H45N9O2. The minimum Gasteiger partial charge on any atom is -0.470 e. The second-order valence-electron chi connectivity index (χ2n) is 14.9. The first-order chi connectivity index (χ1) is 26.4. The van der Waals surface area contributed by atoms with Gasteiger partial charge in [0, 0.05) is 49.8 Å². The SMILES string of the molecule is N#Cc1cc(-c2cnc(N)c(OCc3ccnc(N)c3)n2)ccc1N1CC2(CN(CCCCCCCC(=O)NC3c4ccccc4-c4ccccc43)C2)C1. The number of carbonyl (C=O) groups is 1.